The maximum Gasteiger partial charge on any atom is 0.296 e. The van der Waals surface area contributed by atoms with Crippen LogP contribution in [0.25, 0.3) is 0 Å². The molecule has 0 aliphatic heterocycles. The smallest absolute Gasteiger partial charge is 0.296 e. The van der Waals surface area contributed by atoms with Crippen molar-refractivity contribution in [3.05, 3.63) is 107 Å². The Bertz CT molecular complexity index is 4060. The van der Waals surface area contributed by atoms with Crippen molar-refractivity contribution in [3.8, 4) is 0 Å². The molecule has 13 nitrogen and oxygen atoms in total. The summed E-state index contributed by atoms with van der Waals surface area (Å²) in [5, 5.41) is 40.2. The summed E-state index contributed by atoms with van der Waals surface area (Å²) in [6.07, 6.45) is 43.4. The number of aldehydes is 1. The molecule has 26 atom stereocenters. The lowest BCUT2D eigenvalue weighted by Crippen LogP contribution is -2.50. The van der Waals surface area contributed by atoms with Crippen LogP contribution < -0.4 is 0 Å². The van der Waals surface area contributed by atoms with Crippen LogP contribution >= 0.6 is 0 Å². The van der Waals surface area contributed by atoms with Crippen molar-refractivity contribution in [3.63, 3.8) is 0 Å². The Morgan fingerprint density at radius 1 is 0.472 bits per heavy atom. The van der Waals surface area contributed by atoms with Gasteiger partial charge in [-0.25, -0.2) is 0 Å². The number of hydrogen-bond donors (Lipinski definition) is 4. The van der Waals surface area contributed by atoms with Gasteiger partial charge >= 0.3 is 0 Å². The molecule has 11 fully saturated rings. The van der Waals surface area contributed by atoms with Gasteiger partial charge in [0, 0.05) is 24.7 Å². The van der Waals surface area contributed by atoms with Crippen molar-refractivity contribution in [1.82, 2.24) is 0 Å². The van der Waals surface area contributed by atoms with Crippen LogP contribution in [-0.4, -0.2) is 111 Å². The first-order chi connectivity index (χ1) is 57.2. The number of allylic oxidation sites excluding steroid dienone is 6. The average Bonchev–Trinajstić information content (AvgIpc) is 1.57. The molecule has 0 unspecified atom stereocenters. The van der Waals surface area contributed by atoms with E-state index in [9.17, 15) is 42.1 Å². The Labute approximate surface area is 753 Å². The van der Waals surface area contributed by atoms with Gasteiger partial charge in [0.15, 0.2) is 16.6 Å². The number of carbonyl (C=O) groups is 1. The van der Waals surface area contributed by atoms with E-state index in [-0.39, 0.29) is 80.0 Å². The van der Waals surface area contributed by atoms with Crippen molar-refractivity contribution in [2.24, 2.45) is 128 Å². The minimum Gasteiger partial charge on any atom is -0.414 e. The zero-order valence-corrected chi connectivity index (χ0v) is 85.7. The fourth-order valence-corrected chi connectivity index (χ4v) is 31.2. The number of rotatable bonds is 23. The first-order valence-corrected chi connectivity index (χ1v) is 58.0. The molecule has 0 bridgehead atoms. The summed E-state index contributed by atoms with van der Waals surface area (Å²) in [7, 11) is -11.0. The molecule has 0 radical (unpaired) electrons. The summed E-state index contributed by atoms with van der Waals surface area (Å²) in [6, 6.07) is 13.6. The molecular weight excluding hydrogens is 1600 g/mol. The molecule has 11 saturated carbocycles. The van der Waals surface area contributed by atoms with E-state index in [0.29, 0.717) is 100 Å². The van der Waals surface area contributed by atoms with E-state index in [4.69, 9.17) is 17.2 Å². The monoisotopic (exact) mass is 1780 g/mol. The molecule has 700 valence electrons. The molecule has 0 spiro atoms. The van der Waals surface area contributed by atoms with Crippen molar-refractivity contribution in [2.45, 2.75) is 402 Å². The van der Waals surface area contributed by atoms with E-state index < -0.39 is 36.9 Å². The standard InChI is InChI=1S/C28H44O.C26H44O4SSi.C20H30O4S.C19H36O2Si.C13H24O2/c1-19(2)20(3)9-10-22(5)26-15-16-27-23(8-7-17-28(26,27)6)12-13-24-18-25(29)14-11-21(24)4;1-19-11-13-21(14-12-19)31(27,28)29-18-20(2)22-15-16-23-24(10-9-17-26(22,23)6)30-32(7,8)25(3,4)5;1-14-6-8-16(9-7-14)25(22,23)24-13-15(2)17-10-11-18-19(21)5-4-12-20(17,18)3;1-14(13-20)15-10-11-16-17(9-8-12-19(15,16)5)21-22(6,7)18(2,3)4;1-9(8-14)10-5-6-11-12(15)4-3-7-13(10,11)2/h9-10,12-13,19-20,22,25-27,29H,4,7-8,11,14-18H2,1-3,5-6H3;11-14,20,22-24H,9-10,15-18H2,1-8H3;6-9,15,17-19,21H,4-5,10-13H2,1-3H3;13-17H,8-12H2,1-7H3;9-12,14-15H,3-8H2,1-2H3/b10-9+,23-12+,24-13-;;;;/t20-,22+,25-,26+,27-,28+;20-,22-,23+,24+,26-;15-,17-,18+,19+,20-;14-,15-,16+,17+,19-;9-,10-,11+,12+,13-/m01111/s1. The Morgan fingerprint density at radius 3 is 1.28 bits per heavy atom. The Kier molecular flexibility index (Phi) is 35.7. The van der Waals surface area contributed by atoms with E-state index in [1.807, 2.05) is 26.0 Å². The molecule has 2 aromatic rings. The van der Waals surface area contributed by atoms with Gasteiger partial charge in [0.2, 0.25) is 0 Å². The fourth-order valence-electron chi connectivity index (χ4n) is 26.4. The van der Waals surface area contributed by atoms with Gasteiger partial charge in [-0.05, 0) is 356 Å². The van der Waals surface area contributed by atoms with E-state index >= 15 is 0 Å². The number of carbonyl (C=O) groups excluding carboxylic acids is 1. The Morgan fingerprint density at radius 2 is 0.854 bits per heavy atom. The second kappa shape index (κ2) is 42.3. The molecule has 13 rings (SSSR count). The minimum absolute atomic E-state index is 0.0837. The number of hydrogen-bond acceptors (Lipinski definition) is 13. The largest absolute Gasteiger partial charge is 0.414 e. The summed E-state index contributed by atoms with van der Waals surface area (Å²) in [6.45, 7) is 62.3. The van der Waals surface area contributed by atoms with Gasteiger partial charge in [-0.15, -0.1) is 0 Å². The van der Waals surface area contributed by atoms with Crippen LogP contribution in [0, 0.1) is 142 Å². The highest BCUT2D eigenvalue weighted by molar-refractivity contribution is 7.87. The maximum absolute atomic E-state index is 12.7. The highest BCUT2D eigenvalue weighted by Crippen LogP contribution is 2.64. The molecule has 0 amide bonds. The van der Waals surface area contributed by atoms with Gasteiger partial charge in [-0.1, -0.05) is 235 Å². The SMILES string of the molecule is C=C1CC[C@H](O)C/C1=C/C=C1\CCC[C@]2(C)[C@@H]([C@H](C)/C=C/[C@H](C)C(C)C)CC[C@@H]12.C[C@H](C=O)[C@H]1CC[C@H]2[C@@H](O[Si](C)(C)C(C)(C)C)CCC[C@]12C.C[C@H](CO)[C@H]1CC[C@H]2[C@@H](O)CCC[C@]12C.Cc1ccc(S(=O)(=O)OC[C@@H](C)[C@H]2CC[C@H]3[C@@H](O)CCC[C@]23C)cc1.Cc1ccc(S(=O)(=O)OC[C@@H](C)[C@H]2CC[C@H]3[C@@H](O[Si](C)(C)C(C)(C)C)CCC[C@]23C)cc1. The molecule has 17 heteroatoms. The average molecular weight is 1780 g/mol. The Hall–Kier alpha value is -2.92. The molecule has 0 saturated heterocycles. The van der Waals surface area contributed by atoms with Crippen molar-refractivity contribution < 1.29 is 59.3 Å². The number of aliphatic hydroxyl groups excluding tert-OH is 4. The normalized spacial score (nSPS) is 36.3. The molecule has 11 aliphatic rings. The van der Waals surface area contributed by atoms with Crippen LogP contribution in [0.2, 0.25) is 36.3 Å². The molecule has 4 N–H and O–H groups in total. The second-order valence-corrected chi connectivity index (χ2v) is 59.6. The van der Waals surface area contributed by atoms with Crippen molar-refractivity contribution in [1.29, 1.82) is 0 Å². The van der Waals surface area contributed by atoms with Crippen molar-refractivity contribution in [2.75, 3.05) is 19.8 Å². The lowest BCUT2D eigenvalue weighted by atomic mass is 9.61. The zero-order chi connectivity index (χ0) is 91.2. The molecule has 123 heavy (non-hydrogen) atoms. The Balaban J connectivity index is 0.000000177. The summed E-state index contributed by atoms with van der Waals surface area (Å²) < 4.78 is 74.9. The van der Waals surface area contributed by atoms with Gasteiger partial charge in [0.05, 0.1) is 41.3 Å². The van der Waals surface area contributed by atoms with E-state index in [1.165, 1.54) is 114 Å². The summed E-state index contributed by atoms with van der Waals surface area (Å²) in [4.78, 5) is 11.8. The van der Waals surface area contributed by atoms with E-state index in [2.05, 4.69) is 189 Å². The number of aliphatic hydroxyl groups is 4. The van der Waals surface area contributed by atoms with Crippen LogP contribution in [0.5, 0.6) is 0 Å². The third-order valence-electron chi connectivity index (χ3n) is 36.5. The molecule has 0 aromatic heterocycles. The van der Waals surface area contributed by atoms with Gasteiger partial charge in [-0.3, -0.25) is 8.37 Å². The van der Waals surface area contributed by atoms with Gasteiger partial charge in [-0.2, -0.15) is 16.8 Å². The van der Waals surface area contributed by atoms with Crippen LogP contribution in [0.15, 0.2) is 106 Å². The topological polar surface area (TPSA) is 203 Å². The third-order valence-corrected chi connectivity index (χ3v) is 48.1. The van der Waals surface area contributed by atoms with Gasteiger partial charge < -0.3 is 34.1 Å². The molecule has 0 heterocycles. The third kappa shape index (κ3) is 24.1. The summed E-state index contributed by atoms with van der Waals surface area (Å²) in [5.74, 6) is 8.61. The first kappa shape index (κ1) is 104. The molecular formula is C106H178O13S2Si2. The summed E-state index contributed by atoms with van der Waals surface area (Å²) in [5.41, 5.74) is 7.57. The van der Waals surface area contributed by atoms with E-state index in [1.54, 1.807) is 42.0 Å². The quantitative estimate of drug-likeness (QED) is 0.0354. The van der Waals surface area contributed by atoms with Gasteiger partial charge in [0.1, 0.15) is 6.29 Å². The van der Waals surface area contributed by atoms with Crippen molar-refractivity contribution >= 4 is 43.2 Å². The lowest BCUT2D eigenvalue weighted by Gasteiger charge is -2.49. The highest BCUT2D eigenvalue weighted by atomic mass is 32.2. The first-order valence-electron chi connectivity index (χ1n) is 49.4. The van der Waals surface area contributed by atoms with Crippen LogP contribution in [0.1, 0.15) is 322 Å². The maximum atomic E-state index is 12.7. The number of aryl methyl sites for hydroxylation is 2. The van der Waals surface area contributed by atoms with Crippen LogP contribution in [-0.2, 0) is 42.2 Å². The van der Waals surface area contributed by atoms with E-state index in [0.717, 1.165) is 112 Å². The number of fused-ring (bicyclic) bond motifs is 5. The van der Waals surface area contributed by atoms with Crippen LogP contribution in [0.4, 0.5) is 0 Å². The number of benzene rings is 2. The predicted octanol–water partition coefficient (Wildman–Crippen LogP) is 26.1. The predicted molar refractivity (Wildman–Crippen MR) is 513 cm³/mol. The summed E-state index contributed by atoms with van der Waals surface area (Å²) >= 11 is 0. The molecule has 11 aliphatic carbocycles. The lowest BCUT2D eigenvalue weighted by molar-refractivity contribution is -0.114. The van der Waals surface area contributed by atoms with Crippen LogP contribution in [0.3, 0.4) is 0 Å². The second-order valence-electron chi connectivity index (χ2n) is 46.8. The fraction of sp³-hybridized carbons (Fsp3) is 0.802. The minimum atomic E-state index is -3.72. The van der Waals surface area contributed by atoms with Gasteiger partial charge in [0.25, 0.3) is 20.2 Å². The zero-order valence-electron chi connectivity index (χ0n) is 82.1. The molecule has 2 aromatic carbocycles. The highest BCUT2D eigenvalue weighted by Gasteiger charge is 2.59.